The molecule has 0 saturated carbocycles. The van der Waals surface area contributed by atoms with Gasteiger partial charge in [0.05, 0.1) is 0 Å². The number of carbonyl (C=O) groups is 2. The van der Waals surface area contributed by atoms with Crippen molar-refractivity contribution in [3.8, 4) is 0 Å². The second-order valence-electron chi connectivity index (χ2n) is 6.25. The maximum Gasteiger partial charge on any atom is 0.274 e. The molecule has 27 heavy (non-hydrogen) atoms. The molecule has 0 atom stereocenters. The minimum Gasteiger partial charge on any atom is -0.324 e. The molecule has 0 spiro atoms. The molecule has 1 amide bonds. The van der Waals surface area contributed by atoms with E-state index in [1.165, 1.54) is 13.1 Å². The standard InChI is InChI=1S/C21H20N4O2/c1-13-6-4-7-14(2)19(13)25-20(27)18-10-11-22-21(24-18)23-17-9-5-8-16(12-17)15(3)26/h4-12H,1-3H3,(H,25,27)(H,22,23,24). The van der Waals surface area contributed by atoms with Crippen molar-refractivity contribution in [1.29, 1.82) is 0 Å². The van der Waals surface area contributed by atoms with E-state index in [1.807, 2.05) is 32.0 Å². The van der Waals surface area contributed by atoms with Crippen molar-refractivity contribution < 1.29 is 9.59 Å². The fourth-order valence-electron chi connectivity index (χ4n) is 2.68. The molecule has 0 aliphatic rings. The summed E-state index contributed by atoms with van der Waals surface area (Å²) in [5.74, 6) is -0.0542. The van der Waals surface area contributed by atoms with E-state index in [2.05, 4.69) is 20.6 Å². The molecule has 0 radical (unpaired) electrons. The molecule has 0 bridgehead atoms. The van der Waals surface area contributed by atoms with Crippen molar-refractivity contribution in [1.82, 2.24) is 9.97 Å². The third-order valence-corrected chi connectivity index (χ3v) is 4.13. The van der Waals surface area contributed by atoms with Crippen LogP contribution in [0.5, 0.6) is 0 Å². The molecule has 3 rings (SSSR count). The quantitative estimate of drug-likeness (QED) is 0.663. The summed E-state index contributed by atoms with van der Waals surface area (Å²) in [6, 6.07) is 14.4. The Balaban J connectivity index is 1.80. The van der Waals surface area contributed by atoms with Crippen molar-refractivity contribution in [2.24, 2.45) is 0 Å². The van der Waals surface area contributed by atoms with Crippen molar-refractivity contribution in [2.45, 2.75) is 20.8 Å². The highest BCUT2D eigenvalue weighted by atomic mass is 16.2. The second kappa shape index (κ2) is 7.78. The molecule has 0 unspecified atom stereocenters. The summed E-state index contributed by atoms with van der Waals surface area (Å²) in [7, 11) is 0. The number of carbonyl (C=O) groups excluding carboxylic acids is 2. The zero-order chi connectivity index (χ0) is 19.4. The van der Waals surface area contributed by atoms with Gasteiger partial charge in [-0.3, -0.25) is 9.59 Å². The van der Waals surface area contributed by atoms with E-state index in [9.17, 15) is 9.59 Å². The Morgan fingerprint density at radius 1 is 0.963 bits per heavy atom. The molecule has 0 aliphatic carbocycles. The van der Waals surface area contributed by atoms with Crippen LogP contribution in [0.2, 0.25) is 0 Å². The smallest absolute Gasteiger partial charge is 0.274 e. The van der Waals surface area contributed by atoms with E-state index >= 15 is 0 Å². The van der Waals surface area contributed by atoms with Gasteiger partial charge in [-0.2, -0.15) is 0 Å². The molecule has 136 valence electrons. The number of aromatic nitrogens is 2. The largest absolute Gasteiger partial charge is 0.324 e. The highest BCUT2D eigenvalue weighted by molar-refractivity contribution is 6.03. The SMILES string of the molecule is CC(=O)c1cccc(Nc2nccc(C(=O)Nc3c(C)cccc3C)n2)c1. The Morgan fingerprint density at radius 3 is 2.37 bits per heavy atom. The Kier molecular flexibility index (Phi) is 5.26. The fraction of sp³-hybridized carbons (Fsp3) is 0.143. The predicted molar refractivity (Wildman–Crippen MR) is 106 cm³/mol. The van der Waals surface area contributed by atoms with Crippen molar-refractivity contribution in [3.63, 3.8) is 0 Å². The number of hydrogen-bond acceptors (Lipinski definition) is 5. The van der Waals surface area contributed by atoms with Gasteiger partial charge in [0.15, 0.2) is 5.78 Å². The van der Waals surface area contributed by atoms with Crippen LogP contribution >= 0.6 is 0 Å². The summed E-state index contributed by atoms with van der Waals surface area (Å²) in [6.07, 6.45) is 1.52. The molecule has 1 aromatic heterocycles. The van der Waals surface area contributed by atoms with E-state index < -0.39 is 0 Å². The van der Waals surface area contributed by atoms with Crippen LogP contribution in [0.4, 0.5) is 17.3 Å². The first-order chi connectivity index (χ1) is 12.9. The van der Waals surface area contributed by atoms with Crippen LogP contribution in [0.15, 0.2) is 54.7 Å². The Hall–Kier alpha value is -3.54. The lowest BCUT2D eigenvalue weighted by Crippen LogP contribution is -2.16. The summed E-state index contributed by atoms with van der Waals surface area (Å²) in [5, 5.41) is 5.93. The average molecular weight is 360 g/mol. The third kappa shape index (κ3) is 4.36. The second-order valence-corrected chi connectivity index (χ2v) is 6.25. The van der Waals surface area contributed by atoms with Gasteiger partial charge in [-0.1, -0.05) is 30.3 Å². The molecular weight excluding hydrogens is 340 g/mol. The predicted octanol–water partition coefficient (Wildman–Crippen LogP) is 4.29. The summed E-state index contributed by atoms with van der Waals surface area (Å²) >= 11 is 0. The zero-order valence-corrected chi connectivity index (χ0v) is 15.4. The highest BCUT2D eigenvalue weighted by Gasteiger charge is 2.12. The maximum absolute atomic E-state index is 12.6. The topological polar surface area (TPSA) is 84.0 Å². The van der Waals surface area contributed by atoms with Crippen LogP contribution < -0.4 is 10.6 Å². The highest BCUT2D eigenvalue weighted by Crippen LogP contribution is 2.20. The van der Waals surface area contributed by atoms with Gasteiger partial charge in [-0.15, -0.1) is 0 Å². The molecule has 0 fully saturated rings. The number of rotatable bonds is 5. The van der Waals surface area contributed by atoms with Crippen LogP contribution in [-0.2, 0) is 0 Å². The van der Waals surface area contributed by atoms with Gasteiger partial charge in [-0.25, -0.2) is 9.97 Å². The molecule has 0 saturated heterocycles. The number of nitrogens with one attached hydrogen (secondary N) is 2. The normalized spacial score (nSPS) is 10.3. The van der Waals surface area contributed by atoms with E-state index in [1.54, 1.807) is 30.3 Å². The first kappa shape index (κ1) is 18.3. The Morgan fingerprint density at radius 2 is 1.67 bits per heavy atom. The number of ketones is 1. The van der Waals surface area contributed by atoms with Crippen molar-refractivity contribution in [2.75, 3.05) is 10.6 Å². The van der Waals surface area contributed by atoms with E-state index in [4.69, 9.17) is 0 Å². The number of aryl methyl sites for hydroxylation is 2. The van der Waals surface area contributed by atoms with Crippen LogP contribution in [-0.4, -0.2) is 21.7 Å². The third-order valence-electron chi connectivity index (χ3n) is 4.13. The van der Waals surface area contributed by atoms with Gasteiger partial charge in [0.1, 0.15) is 5.69 Å². The molecule has 0 aliphatic heterocycles. The summed E-state index contributed by atoms with van der Waals surface area (Å²) in [5.41, 5.74) is 4.26. The van der Waals surface area contributed by atoms with E-state index in [0.717, 1.165) is 16.8 Å². The number of hydrogen-bond donors (Lipinski definition) is 2. The number of anilines is 3. The van der Waals surface area contributed by atoms with Crippen molar-refractivity contribution in [3.05, 3.63) is 77.1 Å². The summed E-state index contributed by atoms with van der Waals surface area (Å²) in [4.78, 5) is 32.5. The van der Waals surface area contributed by atoms with Gasteiger partial charge in [0, 0.05) is 23.1 Å². The number of benzene rings is 2. The minimum atomic E-state index is -0.310. The van der Waals surface area contributed by atoms with Gasteiger partial charge >= 0.3 is 0 Å². The molecule has 2 N–H and O–H groups in total. The maximum atomic E-state index is 12.6. The first-order valence-electron chi connectivity index (χ1n) is 8.52. The molecule has 6 nitrogen and oxygen atoms in total. The van der Waals surface area contributed by atoms with Crippen LogP contribution in [0.25, 0.3) is 0 Å². The Bertz CT molecular complexity index is 994. The monoisotopic (exact) mass is 360 g/mol. The lowest BCUT2D eigenvalue weighted by molar-refractivity contribution is 0.101. The van der Waals surface area contributed by atoms with Gasteiger partial charge in [-0.05, 0) is 50.1 Å². The molecule has 1 heterocycles. The molecular formula is C21H20N4O2. The molecule has 2 aromatic carbocycles. The number of amides is 1. The minimum absolute atomic E-state index is 0.0266. The van der Waals surface area contributed by atoms with Crippen LogP contribution in [0, 0.1) is 13.8 Å². The molecule has 6 heteroatoms. The van der Waals surface area contributed by atoms with Crippen LogP contribution in [0.1, 0.15) is 38.9 Å². The summed E-state index contributed by atoms with van der Waals surface area (Å²) in [6.45, 7) is 5.39. The molecule has 3 aromatic rings. The lowest BCUT2D eigenvalue weighted by Gasteiger charge is -2.11. The van der Waals surface area contributed by atoms with E-state index in [0.29, 0.717) is 11.3 Å². The number of Topliss-reactive ketones (excluding diaryl/α,β-unsaturated/α-hetero) is 1. The summed E-state index contributed by atoms with van der Waals surface area (Å²) < 4.78 is 0. The van der Waals surface area contributed by atoms with Gasteiger partial charge < -0.3 is 10.6 Å². The van der Waals surface area contributed by atoms with E-state index in [-0.39, 0.29) is 23.3 Å². The van der Waals surface area contributed by atoms with Gasteiger partial charge in [0.2, 0.25) is 5.95 Å². The van der Waals surface area contributed by atoms with Crippen LogP contribution in [0.3, 0.4) is 0 Å². The zero-order valence-electron chi connectivity index (χ0n) is 15.4. The lowest BCUT2D eigenvalue weighted by atomic mass is 10.1. The average Bonchev–Trinajstić information content (AvgIpc) is 2.65. The van der Waals surface area contributed by atoms with Gasteiger partial charge in [0.25, 0.3) is 5.91 Å². The first-order valence-corrected chi connectivity index (χ1v) is 8.52. The van der Waals surface area contributed by atoms with Crippen molar-refractivity contribution >= 4 is 29.0 Å². The number of para-hydroxylation sites is 1. The Labute approximate surface area is 157 Å². The fourth-order valence-corrected chi connectivity index (χ4v) is 2.68. The number of nitrogens with zero attached hydrogens (tertiary/aromatic N) is 2.